The quantitative estimate of drug-likeness (QED) is 0.140. The molecule has 314 valence electrons. The van der Waals surface area contributed by atoms with E-state index in [4.69, 9.17) is 0 Å². The van der Waals surface area contributed by atoms with Crippen molar-refractivity contribution in [2.24, 2.45) is 23.2 Å². The Kier molecular flexibility index (Phi) is 8.32. The molecule has 4 fully saturated rings. The lowest BCUT2D eigenvalue weighted by Crippen LogP contribution is -2.87. The number of benzene rings is 10. The standard InChI is InChI=1S/C65H49N/c1-3-14-43(15-4-1)44-28-30-45(31-29-44)46-32-35-54(36-33-46)66(62-38-50(34-37-57(62)48-16-5-2-6-17-48)56-24-11-19-47-18-7-8-22-55(47)56)61-27-10-9-23-58(61)59-25-12-20-49-21-13-26-60(63(49)59)64-41-52-39-51-40-53(42-64)65(51,52)64/h1-38,51-53H,39-42H2. The molecule has 0 saturated heterocycles. The van der Waals surface area contributed by atoms with E-state index in [0.717, 1.165) is 29.1 Å². The van der Waals surface area contributed by atoms with Gasteiger partial charge in [-0.2, -0.15) is 0 Å². The first-order valence-corrected chi connectivity index (χ1v) is 24.0. The smallest absolute Gasteiger partial charge is 0.0546 e. The maximum Gasteiger partial charge on any atom is 0.0546 e. The molecule has 0 radical (unpaired) electrons. The fourth-order valence-electron chi connectivity index (χ4n) is 14.2. The van der Waals surface area contributed by atoms with Gasteiger partial charge in [-0.1, -0.05) is 206 Å². The first-order chi connectivity index (χ1) is 32.7. The molecule has 0 amide bonds. The Morgan fingerprint density at radius 2 is 0.879 bits per heavy atom. The van der Waals surface area contributed by atoms with E-state index < -0.39 is 0 Å². The molecule has 10 aromatic carbocycles. The van der Waals surface area contributed by atoms with Gasteiger partial charge in [0.15, 0.2) is 0 Å². The van der Waals surface area contributed by atoms with E-state index in [1.54, 1.807) is 5.56 Å². The molecule has 4 saturated carbocycles. The highest BCUT2D eigenvalue weighted by Gasteiger charge is 2.87. The number of para-hydroxylation sites is 1. The average molecular weight is 844 g/mol. The summed E-state index contributed by atoms with van der Waals surface area (Å²) in [6.45, 7) is 0. The second-order valence-electron chi connectivity index (χ2n) is 19.7. The van der Waals surface area contributed by atoms with Crippen LogP contribution >= 0.6 is 0 Å². The van der Waals surface area contributed by atoms with Crippen molar-refractivity contribution < 1.29 is 0 Å². The van der Waals surface area contributed by atoms with Gasteiger partial charge in [-0.15, -0.1) is 0 Å². The van der Waals surface area contributed by atoms with Crippen LogP contribution in [-0.4, -0.2) is 0 Å². The van der Waals surface area contributed by atoms with Crippen molar-refractivity contribution in [1.29, 1.82) is 0 Å². The Labute approximate surface area is 387 Å². The normalized spacial score (nSPS) is 22.0. The van der Waals surface area contributed by atoms with E-state index in [9.17, 15) is 0 Å². The van der Waals surface area contributed by atoms with Gasteiger partial charge in [-0.25, -0.2) is 0 Å². The molecule has 10 aromatic rings. The molecule has 1 spiro atoms. The van der Waals surface area contributed by atoms with Crippen molar-refractivity contribution in [3.8, 4) is 55.6 Å². The number of fused-ring (bicyclic) bond motifs is 2. The summed E-state index contributed by atoms with van der Waals surface area (Å²) in [4.78, 5) is 2.56. The summed E-state index contributed by atoms with van der Waals surface area (Å²) in [5.41, 5.74) is 18.2. The van der Waals surface area contributed by atoms with Crippen LogP contribution in [0.1, 0.15) is 31.2 Å². The number of rotatable bonds is 9. The van der Waals surface area contributed by atoms with E-state index in [2.05, 4.69) is 235 Å². The van der Waals surface area contributed by atoms with Crippen LogP contribution in [0.3, 0.4) is 0 Å². The summed E-state index contributed by atoms with van der Waals surface area (Å²) in [6.07, 6.45) is 5.66. The van der Waals surface area contributed by atoms with Gasteiger partial charge < -0.3 is 4.90 Å². The second-order valence-corrected chi connectivity index (χ2v) is 19.7. The molecular formula is C65H49N. The molecule has 2 atom stereocenters. The first-order valence-electron chi connectivity index (χ1n) is 24.0. The van der Waals surface area contributed by atoms with E-state index >= 15 is 0 Å². The summed E-state index contributed by atoms with van der Waals surface area (Å²) >= 11 is 0. The van der Waals surface area contributed by atoms with Crippen LogP contribution < -0.4 is 4.90 Å². The summed E-state index contributed by atoms with van der Waals surface area (Å²) in [5.74, 6) is 2.82. The molecular weight excluding hydrogens is 795 g/mol. The third kappa shape index (κ3) is 5.35. The van der Waals surface area contributed by atoms with Gasteiger partial charge in [0.1, 0.15) is 0 Å². The van der Waals surface area contributed by atoms with Crippen LogP contribution in [0.2, 0.25) is 0 Å². The zero-order valence-corrected chi connectivity index (χ0v) is 36.9. The average Bonchev–Trinajstić information content (AvgIpc) is 3.36. The van der Waals surface area contributed by atoms with Crippen LogP contribution in [-0.2, 0) is 5.41 Å². The van der Waals surface area contributed by atoms with Crippen molar-refractivity contribution in [2.45, 2.75) is 31.1 Å². The SMILES string of the molecule is c1ccc(-c2ccc(-c3ccc(N(c4cc(-c5cccc6ccccc56)ccc4-c4ccccc4)c4ccccc4-c4cccc5cccc(C67CC8CC9CC(C6)C987)c45)cc3)cc2)cc1. The van der Waals surface area contributed by atoms with Crippen LogP contribution in [0, 0.1) is 23.2 Å². The summed E-state index contributed by atoms with van der Waals surface area (Å²) in [7, 11) is 0. The van der Waals surface area contributed by atoms with Crippen molar-refractivity contribution >= 4 is 38.6 Å². The Bertz CT molecular complexity index is 3460. The minimum atomic E-state index is 0.330. The van der Waals surface area contributed by atoms with Gasteiger partial charge in [-0.05, 0) is 145 Å². The van der Waals surface area contributed by atoms with Crippen LogP contribution in [0.25, 0.3) is 77.2 Å². The molecule has 0 N–H and O–H groups in total. The number of hydrogen-bond acceptors (Lipinski definition) is 1. The molecule has 4 aliphatic rings. The Morgan fingerprint density at radius 3 is 1.58 bits per heavy atom. The lowest BCUT2D eigenvalue weighted by atomic mass is 9.12. The Morgan fingerprint density at radius 1 is 0.348 bits per heavy atom. The molecule has 2 unspecified atom stereocenters. The highest BCUT2D eigenvalue weighted by Crippen LogP contribution is 2.93. The minimum Gasteiger partial charge on any atom is -0.309 e. The molecule has 0 bridgehead atoms. The third-order valence-electron chi connectivity index (χ3n) is 16.9. The fourth-order valence-corrected chi connectivity index (χ4v) is 14.2. The topological polar surface area (TPSA) is 3.24 Å². The number of anilines is 3. The maximum atomic E-state index is 2.56. The zero-order chi connectivity index (χ0) is 43.4. The first kappa shape index (κ1) is 37.9. The van der Waals surface area contributed by atoms with E-state index in [1.807, 2.05) is 0 Å². The van der Waals surface area contributed by atoms with Gasteiger partial charge >= 0.3 is 0 Å². The molecule has 0 heterocycles. The summed E-state index contributed by atoms with van der Waals surface area (Å²) in [6, 6.07) is 86.0. The molecule has 0 aliphatic heterocycles. The minimum absolute atomic E-state index is 0.330. The van der Waals surface area contributed by atoms with E-state index in [1.165, 1.54) is 109 Å². The maximum absolute atomic E-state index is 2.56. The second kappa shape index (κ2) is 14.5. The molecule has 0 aromatic heterocycles. The monoisotopic (exact) mass is 843 g/mol. The van der Waals surface area contributed by atoms with Gasteiger partial charge in [0.05, 0.1) is 11.4 Å². The lowest BCUT2D eigenvalue weighted by molar-refractivity contribution is -0.394. The predicted octanol–water partition coefficient (Wildman–Crippen LogP) is 17.5. The lowest BCUT2D eigenvalue weighted by Gasteiger charge is -2.91. The van der Waals surface area contributed by atoms with Crippen molar-refractivity contribution in [1.82, 2.24) is 0 Å². The fraction of sp³-hybridized carbons (Fsp3) is 0.138. The molecule has 1 heteroatoms. The zero-order valence-electron chi connectivity index (χ0n) is 36.9. The van der Waals surface area contributed by atoms with Gasteiger partial charge in [0.2, 0.25) is 0 Å². The van der Waals surface area contributed by atoms with Crippen molar-refractivity contribution in [3.05, 3.63) is 236 Å². The van der Waals surface area contributed by atoms with E-state index in [-0.39, 0.29) is 0 Å². The predicted molar refractivity (Wildman–Crippen MR) is 276 cm³/mol. The van der Waals surface area contributed by atoms with E-state index in [0.29, 0.717) is 10.8 Å². The highest BCUT2D eigenvalue weighted by molar-refractivity contribution is 6.05. The molecule has 14 rings (SSSR count). The Balaban J connectivity index is 0.977. The van der Waals surface area contributed by atoms with Crippen molar-refractivity contribution in [2.75, 3.05) is 4.90 Å². The van der Waals surface area contributed by atoms with Crippen LogP contribution in [0.4, 0.5) is 17.1 Å². The molecule has 66 heavy (non-hydrogen) atoms. The van der Waals surface area contributed by atoms with Gasteiger partial charge in [0.25, 0.3) is 0 Å². The largest absolute Gasteiger partial charge is 0.309 e. The molecule has 4 aliphatic carbocycles. The van der Waals surface area contributed by atoms with Crippen LogP contribution in [0.15, 0.2) is 231 Å². The molecule has 1 nitrogen and oxygen atoms in total. The summed E-state index contributed by atoms with van der Waals surface area (Å²) in [5, 5.41) is 5.31. The van der Waals surface area contributed by atoms with Gasteiger partial charge in [-0.3, -0.25) is 0 Å². The Hall–Kier alpha value is -7.48. The third-order valence-corrected chi connectivity index (χ3v) is 16.9. The summed E-state index contributed by atoms with van der Waals surface area (Å²) < 4.78 is 0. The number of hydrogen-bond donors (Lipinski definition) is 0. The highest BCUT2D eigenvalue weighted by atomic mass is 15.1. The van der Waals surface area contributed by atoms with Crippen molar-refractivity contribution in [3.63, 3.8) is 0 Å². The number of nitrogens with zero attached hydrogens (tertiary/aromatic N) is 1. The van der Waals surface area contributed by atoms with Crippen LogP contribution in [0.5, 0.6) is 0 Å². The van der Waals surface area contributed by atoms with Gasteiger partial charge in [0, 0.05) is 22.2 Å².